The number of nitrogens with zero attached hydrogens (tertiary/aromatic N) is 3. The molecular formula is C14H18N4O2. The summed E-state index contributed by atoms with van der Waals surface area (Å²) < 4.78 is 0. The predicted molar refractivity (Wildman–Crippen MR) is 75.3 cm³/mol. The lowest BCUT2D eigenvalue weighted by Crippen LogP contribution is -2.26. The van der Waals surface area contributed by atoms with Gasteiger partial charge in [0.25, 0.3) is 0 Å². The zero-order valence-corrected chi connectivity index (χ0v) is 11.5. The largest absolute Gasteiger partial charge is 0.367 e. The molecule has 6 nitrogen and oxygen atoms in total. The van der Waals surface area contributed by atoms with E-state index in [0.29, 0.717) is 11.9 Å². The summed E-state index contributed by atoms with van der Waals surface area (Å²) in [5.41, 5.74) is -0.380. The maximum atomic E-state index is 10.7. The summed E-state index contributed by atoms with van der Waals surface area (Å²) >= 11 is 0. The minimum absolute atomic E-state index is 0.137. The maximum absolute atomic E-state index is 10.7. The molecule has 0 radical (unpaired) electrons. The molecule has 1 aliphatic rings. The normalized spacial score (nSPS) is 22.0. The number of nitro groups is 1. The lowest BCUT2D eigenvalue weighted by molar-refractivity contribution is -0.385. The van der Waals surface area contributed by atoms with Crippen LogP contribution < -0.4 is 5.32 Å². The molecule has 0 spiro atoms. The van der Waals surface area contributed by atoms with Crippen LogP contribution in [0.4, 0.5) is 11.5 Å². The van der Waals surface area contributed by atoms with Gasteiger partial charge in [-0.15, -0.1) is 0 Å². The summed E-state index contributed by atoms with van der Waals surface area (Å²) in [6.07, 6.45) is 5.79. The average Bonchev–Trinajstić information content (AvgIpc) is 2.47. The third kappa shape index (κ3) is 3.23. The van der Waals surface area contributed by atoms with Crippen LogP contribution in [0.5, 0.6) is 0 Å². The van der Waals surface area contributed by atoms with E-state index in [-0.39, 0.29) is 11.4 Å². The smallest absolute Gasteiger partial charge is 0.305 e. The molecule has 0 atom stereocenters. The molecule has 1 N–H and O–H groups in total. The molecule has 0 aliphatic heterocycles. The second kappa shape index (κ2) is 6.33. The minimum atomic E-state index is -0.582. The van der Waals surface area contributed by atoms with Crippen molar-refractivity contribution in [3.8, 4) is 6.07 Å². The van der Waals surface area contributed by atoms with Crippen LogP contribution in [-0.2, 0) is 0 Å². The summed E-state index contributed by atoms with van der Waals surface area (Å²) in [5.74, 6) is 1.36. The van der Waals surface area contributed by atoms with Crippen molar-refractivity contribution in [2.24, 2.45) is 5.92 Å². The zero-order valence-electron chi connectivity index (χ0n) is 11.5. The summed E-state index contributed by atoms with van der Waals surface area (Å²) in [4.78, 5) is 14.2. The first kappa shape index (κ1) is 14.3. The number of aromatic nitrogens is 1. The van der Waals surface area contributed by atoms with E-state index in [2.05, 4.69) is 17.2 Å². The molecule has 1 heterocycles. The highest BCUT2D eigenvalue weighted by Crippen LogP contribution is 2.28. The summed E-state index contributed by atoms with van der Waals surface area (Å²) in [6.45, 7) is 2.22. The Morgan fingerprint density at radius 1 is 1.45 bits per heavy atom. The molecule has 1 aromatic rings. The zero-order chi connectivity index (χ0) is 14.5. The molecule has 106 valence electrons. The summed E-state index contributed by atoms with van der Waals surface area (Å²) in [7, 11) is 0. The molecule has 2 rings (SSSR count). The molecule has 0 saturated heterocycles. The van der Waals surface area contributed by atoms with Crippen LogP contribution in [0.1, 0.15) is 44.7 Å². The van der Waals surface area contributed by atoms with Crippen molar-refractivity contribution < 1.29 is 4.92 Å². The van der Waals surface area contributed by atoms with E-state index < -0.39 is 4.92 Å². The van der Waals surface area contributed by atoms with Gasteiger partial charge in [-0.25, -0.2) is 4.98 Å². The second-order valence-corrected chi connectivity index (χ2v) is 5.20. The van der Waals surface area contributed by atoms with Crippen molar-refractivity contribution in [1.29, 1.82) is 5.26 Å². The van der Waals surface area contributed by atoms with Crippen molar-refractivity contribution in [1.82, 2.24) is 4.98 Å². The lowest BCUT2D eigenvalue weighted by atomic mass is 9.84. The van der Waals surface area contributed by atoms with E-state index in [1.54, 1.807) is 12.1 Å². The van der Waals surface area contributed by atoms with Gasteiger partial charge in [-0.05, 0) is 37.7 Å². The van der Waals surface area contributed by atoms with Gasteiger partial charge < -0.3 is 5.32 Å². The van der Waals surface area contributed by atoms with Crippen molar-refractivity contribution in [3.05, 3.63) is 27.9 Å². The molecule has 1 saturated carbocycles. The molecule has 1 aliphatic carbocycles. The van der Waals surface area contributed by atoms with Gasteiger partial charge in [-0.1, -0.05) is 13.3 Å². The Balaban J connectivity index is 2.04. The van der Waals surface area contributed by atoms with Gasteiger partial charge in [0.15, 0.2) is 0 Å². The number of pyridine rings is 1. The Morgan fingerprint density at radius 3 is 2.70 bits per heavy atom. The van der Waals surface area contributed by atoms with Crippen LogP contribution in [0.3, 0.4) is 0 Å². The van der Waals surface area contributed by atoms with Gasteiger partial charge in [0.1, 0.15) is 11.9 Å². The van der Waals surface area contributed by atoms with Crippen LogP contribution in [0.15, 0.2) is 12.1 Å². The number of nitriles is 1. The Bertz CT molecular complexity index is 530. The Morgan fingerprint density at radius 2 is 2.15 bits per heavy atom. The lowest BCUT2D eigenvalue weighted by Gasteiger charge is -2.28. The van der Waals surface area contributed by atoms with Gasteiger partial charge in [0.2, 0.25) is 5.69 Å². The maximum Gasteiger partial charge on any atom is 0.305 e. The Hall–Kier alpha value is -2.16. The highest BCUT2D eigenvalue weighted by molar-refractivity contribution is 5.50. The number of rotatable bonds is 4. The molecule has 0 aromatic carbocycles. The van der Waals surface area contributed by atoms with Crippen LogP contribution in [0, 0.1) is 27.4 Å². The molecule has 6 heteroatoms. The molecule has 1 aromatic heterocycles. The highest BCUT2D eigenvalue weighted by atomic mass is 16.6. The fourth-order valence-corrected chi connectivity index (χ4v) is 2.69. The highest BCUT2D eigenvalue weighted by Gasteiger charge is 2.21. The third-order valence-electron chi connectivity index (χ3n) is 3.95. The third-order valence-corrected chi connectivity index (χ3v) is 3.95. The molecule has 20 heavy (non-hydrogen) atoms. The molecule has 0 unspecified atom stereocenters. The molecular weight excluding hydrogens is 256 g/mol. The summed E-state index contributed by atoms with van der Waals surface area (Å²) in [5, 5.41) is 22.9. The van der Waals surface area contributed by atoms with E-state index in [1.807, 2.05) is 0 Å². The second-order valence-electron chi connectivity index (χ2n) is 5.20. The van der Waals surface area contributed by atoms with Crippen LogP contribution in [0.2, 0.25) is 0 Å². The van der Waals surface area contributed by atoms with Crippen LogP contribution in [0.25, 0.3) is 0 Å². The standard InChI is InChI=1S/C14H18N4O2/c1-2-10-3-5-11(6-4-10)16-14-8-7-13(18(19)20)12(9-15)17-14/h7-8,10-11H,2-6H2,1H3,(H,16,17). The van der Waals surface area contributed by atoms with E-state index >= 15 is 0 Å². The first-order valence-corrected chi connectivity index (χ1v) is 6.96. The van der Waals surface area contributed by atoms with Crippen LogP contribution in [-0.4, -0.2) is 15.9 Å². The van der Waals surface area contributed by atoms with Gasteiger partial charge in [0.05, 0.1) is 4.92 Å². The van der Waals surface area contributed by atoms with Gasteiger partial charge in [-0.2, -0.15) is 5.26 Å². The Labute approximate surface area is 118 Å². The van der Waals surface area contributed by atoms with Gasteiger partial charge in [0, 0.05) is 12.1 Å². The van der Waals surface area contributed by atoms with Gasteiger partial charge >= 0.3 is 5.69 Å². The van der Waals surface area contributed by atoms with E-state index in [9.17, 15) is 10.1 Å². The summed E-state index contributed by atoms with van der Waals surface area (Å²) in [6, 6.07) is 5.04. The predicted octanol–water partition coefficient (Wildman–Crippen LogP) is 3.24. The van der Waals surface area contributed by atoms with Crippen molar-refractivity contribution >= 4 is 11.5 Å². The van der Waals surface area contributed by atoms with E-state index in [1.165, 1.54) is 25.3 Å². The molecule has 1 fully saturated rings. The Kier molecular flexibility index (Phi) is 4.51. The first-order valence-electron chi connectivity index (χ1n) is 6.96. The number of nitrogens with one attached hydrogen (secondary N) is 1. The first-order chi connectivity index (χ1) is 9.63. The number of anilines is 1. The van der Waals surface area contributed by atoms with Crippen molar-refractivity contribution in [3.63, 3.8) is 0 Å². The molecule has 0 amide bonds. The van der Waals surface area contributed by atoms with Crippen LogP contribution >= 0.6 is 0 Å². The topological polar surface area (TPSA) is 91.9 Å². The van der Waals surface area contributed by atoms with E-state index in [4.69, 9.17) is 5.26 Å². The van der Waals surface area contributed by atoms with Gasteiger partial charge in [-0.3, -0.25) is 10.1 Å². The fraction of sp³-hybridized carbons (Fsp3) is 0.571. The minimum Gasteiger partial charge on any atom is -0.367 e. The fourth-order valence-electron chi connectivity index (χ4n) is 2.69. The number of hydrogen-bond donors (Lipinski definition) is 1. The quantitative estimate of drug-likeness (QED) is 0.672. The number of hydrogen-bond acceptors (Lipinski definition) is 5. The average molecular weight is 274 g/mol. The van der Waals surface area contributed by atoms with Crippen molar-refractivity contribution in [2.75, 3.05) is 5.32 Å². The SMILES string of the molecule is CCC1CCC(Nc2ccc([N+](=O)[O-])c(C#N)n2)CC1. The van der Waals surface area contributed by atoms with E-state index in [0.717, 1.165) is 18.8 Å². The molecule has 0 bridgehead atoms. The van der Waals surface area contributed by atoms with Crippen molar-refractivity contribution in [2.45, 2.75) is 45.1 Å². The monoisotopic (exact) mass is 274 g/mol.